The van der Waals surface area contributed by atoms with Crippen LogP contribution in [-0.2, 0) is 21.4 Å². The maximum absolute atomic E-state index is 13.8. The smallest absolute Gasteiger partial charge is 0.241 e. The molecule has 0 bridgehead atoms. The normalized spacial score (nSPS) is 11.7. The van der Waals surface area contributed by atoms with Crippen molar-refractivity contribution in [3.8, 4) is 0 Å². The lowest BCUT2D eigenvalue weighted by molar-refractivity contribution is -0.116. The SMILES string of the molecule is CCSc1nnc(NC(=O)CN(Cc2ccccc2F)S(C)(=O)=O)s1. The molecule has 0 saturated carbocycles. The Morgan fingerprint density at radius 2 is 2.08 bits per heavy atom. The molecule has 136 valence electrons. The van der Waals surface area contributed by atoms with Crippen molar-refractivity contribution in [1.82, 2.24) is 14.5 Å². The predicted molar refractivity (Wildman–Crippen MR) is 96.6 cm³/mol. The number of aromatic nitrogens is 2. The first-order chi connectivity index (χ1) is 11.8. The zero-order chi connectivity index (χ0) is 18.4. The van der Waals surface area contributed by atoms with Crippen molar-refractivity contribution in [1.29, 1.82) is 0 Å². The summed E-state index contributed by atoms with van der Waals surface area (Å²) in [6.45, 7) is 1.30. The highest BCUT2D eigenvalue weighted by atomic mass is 32.2. The monoisotopic (exact) mass is 404 g/mol. The van der Waals surface area contributed by atoms with Crippen molar-refractivity contribution in [3.05, 3.63) is 35.6 Å². The summed E-state index contributed by atoms with van der Waals surface area (Å²) in [7, 11) is -3.70. The van der Waals surface area contributed by atoms with Gasteiger partial charge in [-0.3, -0.25) is 10.1 Å². The molecule has 0 radical (unpaired) electrons. The van der Waals surface area contributed by atoms with E-state index in [0.717, 1.165) is 16.3 Å². The second-order valence-corrected chi connectivity index (χ2v) is 9.45. The number of carbonyl (C=O) groups excluding carboxylic acids is 1. The van der Waals surface area contributed by atoms with Gasteiger partial charge in [-0.25, -0.2) is 12.8 Å². The van der Waals surface area contributed by atoms with Gasteiger partial charge in [-0.05, 0) is 11.8 Å². The fourth-order valence-electron chi connectivity index (χ4n) is 1.87. The molecule has 1 heterocycles. The van der Waals surface area contributed by atoms with Crippen molar-refractivity contribution in [3.63, 3.8) is 0 Å². The second kappa shape index (κ2) is 8.70. The average Bonchev–Trinajstić information content (AvgIpc) is 2.95. The number of thioether (sulfide) groups is 1. The first-order valence-electron chi connectivity index (χ1n) is 7.24. The summed E-state index contributed by atoms with van der Waals surface area (Å²) in [6.07, 6.45) is 0.974. The summed E-state index contributed by atoms with van der Waals surface area (Å²) < 4.78 is 39.2. The van der Waals surface area contributed by atoms with Gasteiger partial charge in [-0.1, -0.05) is 48.2 Å². The molecule has 11 heteroatoms. The van der Waals surface area contributed by atoms with Crippen molar-refractivity contribution in [2.45, 2.75) is 17.8 Å². The van der Waals surface area contributed by atoms with Crippen LogP contribution in [0.3, 0.4) is 0 Å². The lowest BCUT2D eigenvalue weighted by atomic mass is 10.2. The van der Waals surface area contributed by atoms with Gasteiger partial charge in [0.25, 0.3) is 0 Å². The Morgan fingerprint density at radius 1 is 1.36 bits per heavy atom. The molecule has 2 rings (SSSR count). The topological polar surface area (TPSA) is 92.3 Å². The van der Waals surface area contributed by atoms with Gasteiger partial charge < -0.3 is 0 Å². The molecule has 0 aliphatic rings. The molecule has 0 unspecified atom stereocenters. The van der Waals surface area contributed by atoms with Crippen molar-refractivity contribution in [2.75, 3.05) is 23.9 Å². The molecule has 0 aliphatic heterocycles. The maximum atomic E-state index is 13.8. The van der Waals surface area contributed by atoms with E-state index in [1.165, 1.54) is 41.3 Å². The van der Waals surface area contributed by atoms with E-state index in [0.29, 0.717) is 9.47 Å². The van der Waals surface area contributed by atoms with E-state index in [1.807, 2.05) is 6.92 Å². The van der Waals surface area contributed by atoms with Crippen molar-refractivity contribution in [2.24, 2.45) is 0 Å². The summed E-state index contributed by atoms with van der Waals surface area (Å²) in [5, 5.41) is 10.5. The predicted octanol–water partition coefficient (Wildman–Crippen LogP) is 2.19. The van der Waals surface area contributed by atoms with Crippen molar-refractivity contribution < 1.29 is 17.6 Å². The molecule has 0 aliphatic carbocycles. The van der Waals surface area contributed by atoms with E-state index < -0.39 is 28.3 Å². The van der Waals surface area contributed by atoms with E-state index in [-0.39, 0.29) is 12.1 Å². The van der Waals surface area contributed by atoms with Gasteiger partial charge in [0.05, 0.1) is 12.8 Å². The number of sulfonamides is 1. The Balaban J connectivity index is 2.06. The standard InChI is InChI=1S/C14H17FN4O3S3/c1-3-23-14-18-17-13(24-14)16-12(20)9-19(25(2,21)22)8-10-6-4-5-7-11(10)15/h4-7H,3,8-9H2,1-2H3,(H,16,17,20). The van der Waals surface area contributed by atoms with Crippen LogP contribution in [0.2, 0.25) is 0 Å². The van der Waals surface area contributed by atoms with Gasteiger partial charge in [0, 0.05) is 12.1 Å². The number of nitrogens with zero attached hydrogens (tertiary/aromatic N) is 3. The van der Waals surface area contributed by atoms with Crippen LogP contribution >= 0.6 is 23.1 Å². The third kappa shape index (κ3) is 6.03. The number of hydrogen-bond donors (Lipinski definition) is 1. The Morgan fingerprint density at radius 3 is 2.72 bits per heavy atom. The third-order valence-electron chi connectivity index (χ3n) is 3.01. The van der Waals surface area contributed by atoms with Gasteiger partial charge >= 0.3 is 0 Å². The third-order valence-corrected chi connectivity index (χ3v) is 6.06. The van der Waals surface area contributed by atoms with Crippen molar-refractivity contribution >= 4 is 44.2 Å². The fourth-order valence-corrected chi connectivity index (χ4v) is 4.26. The molecule has 25 heavy (non-hydrogen) atoms. The number of benzene rings is 1. The highest BCUT2D eigenvalue weighted by Gasteiger charge is 2.22. The van der Waals surface area contributed by atoms with E-state index in [9.17, 15) is 17.6 Å². The average molecular weight is 405 g/mol. The number of rotatable bonds is 8. The lowest BCUT2D eigenvalue weighted by Crippen LogP contribution is -2.37. The van der Waals surface area contributed by atoms with Gasteiger partial charge in [0.2, 0.25) is 21.1 Å². The van der Waals surface area contributed by atoms with Gasteiger partial charge in [0.15, 0.2) is 4.34 Å². The molecule has 1 aromatic carbocycles. The second-order valence-electron chi connectivity index (χ2n) is 4.98. The van der Waals surface area contributed by atoms with E-state index in [1.54, 1.807) is 6.07 Å². The van der Waals surface area contributed by atoms with Crippen LogP contribution in [0.5, 0.6) is 0 Å². The zero-order valence-electron chi connectivity index (χ0n) is 13.6. The largest absolute Gasteiger partial charge is 0.299 e. The van der Waals surface area contributed by atoms with Crippen LogP contribution in [0.15, 0.2) is 28.6 Å². The molecular weight excluding hydrogens is 387 g/mol. The molecule has 7 nitrogen and oxygen atoms in total. The summed E-state index contributed by atoms with van der Waals surface area (Å²) in [5.74, 6) is -0.263. The van der Waals surface area contributed by atoms with Crippen LogP contribution < -0.4 is 5.32 Å². The Hall–Kier alpha value is -1.56. The Labute approximate surface area is 153 Å². The molecule has 1 aromatic heterocycles. The number of halogens is 1. The zero-order valence-corrected chi connectivity index (χ0v) is 16.0. The molecule has 1 N–H and O–H groups in total. The minimum absolute atomic E-state index is 0.193. The van der Waals surface area contributed by atoms with Crippen LogP contribution in [-0.4, -0.2) is 47.4 Å². The Kier molecular flexibility index (Phi) is 6.87. The molecule has 0 spiro atoms. The highest BCUT2D eigenvalue weighted by molar-refractivity contribution is 8.01. The quantitative estimate of drug-likeness (QED) is 0.536. The first-order valence-corrected chi connectivity index (χ1v) is 10.9. The highest BCUT2D eigenvalue weighted by Crippen LogP contribution is 2.25. The Bertz CT molecular complexity index is 841. The van der Waals surface area contributed by atoms with Crippen LogP contribution in [0.4, 0.5) is 9.52 Å². The number of carbonyl (C=O) groups is 1. The summed E-state index contributed by atoms with van der Waals surface area (Å²) in [5.41, 5.74) is 0.193. The number of nitrogens with one attached hydrogen (secondary N) is 1. The molecule has 0 saturated heterocycles. The maximum Gasteiger partial charge on any atom is 0.241 e. The van der Waals surface area contributed by atoms with Crippen LogP contribution in [0, 0.1) is 5.82 Å². The first kappa shape index (κ1) is 19.8. The van der Waals surface area contributed by atoms with Gasteiger partial charge in [0.1, 0.15) is 5.82 Å². The summed E-state index contributed by atoms with van der Waals surface area (Å²) in [4.78, 5) is 12.1. The van der Waals surface area contributed by atoms with Gasteiger partial charge in [-0.2, -0.15) is 4.31 Å². The number of hydrogen-bond acceptors (Lipinski definition) is 7. The minimum atomic E-state index is -3.70. The van der Waals surface area contributed by atoms with Gasteiger partial charge in [-0.15, -0.1) is 10.2 Å². The summed E-state index contributed by atoms with van der Waals surface area (Å²) >= 11 is 2.70. The molecule has 2 aromatic rings. The van der Waals surface area contributed by atoms with E-state index >= 15 is 0 Å². The van der Waals surface area contributed by atoms with Crippen LogP contribution in [0.1, 0.15) is 12.5 Å². The summed E-state index contributed by atoms with van der Waals surface area (Å²) in [6, 6.07) is 5.83. The minimum Gasteiger partial charge on any atom is -0.299 e. The number of anilines is 1. The lowest BCUT2D eigenvalue weighted by Gasteiger charge is -2.19. The molecule has 0 atom stereocenters. The van der Waals surface area contributed by atoms with E-state index in [2.05, 4.69) is 15.5 Å². The fraction of sp³-hybridized carbons (Fsp3) is 0.357. The molecule has 1 amide bonds. The number of amides is 1. The van der Waals surface area contributed by atoms with E-state index in [4.69, 9.17) is 0 Å². The molecular formula is C14H17FN4O3S3. The molecule has 0 fully saturated rings. The van der Waals surface area contributed by atoms with Crippen LogP contribution in [0.25, 0.3) is 0 Å².